The van der Waals surface area contributed by atoms with Crippen molar-refractivity contribution in [3.05, 3.63) is 41.9 Å². The Hall–Kier alpha value is -2.68. The van der Waals surface area contributed by atoms with Gasteiger partial charge in [0.2, 0.25) is 0 Å². The monoisotopic (exact) mass is 411 g/mol. The van der Waals surface area contributed by atoms with Crippen molar-refractivity contribution in [1.29, 1.82) is 0 Å². The summed E-state index contributed by atoms with van der Waals surface area (Å²) in [7, 11) is 3.57. The van der Waals surface area contributed by atoms with Gasteiger partial charge in [-0.1, -0.05) is 6.07 Å². The van der Waals surface area contributed by atoms with Crippen LogP contribution in [-0.2, 0) is 11.3 Å². The van der Waals surface area contributed by atoms with E-state index in [1.165, 1.54) is 10.9 Å². The molecular formula is C21H25N5O2S. The van der Waals surface area contributed by atoms with Gasteiger partial charge in [-0.05, 0) is 43.0 Å². The van der Waals surface area contributed by atoms with Gasteiger partial charge in [-0.2, -0.15) is 5.10 Å². The predicted octanol–water partition coefficient (Wildman–Crippen LogP) is 3.83. The zero-order valence-corrected chi connectivity index (χ0v) is 17.8. The second-order valence-electron chi connectivity index (χ2n) is 7.16. The van der Waals surface area contributed by atoms with E-state index in [4.69, 9.17) is 15.2 Å². The van der Waals surface area contributed by atoms with Crippen LogP contribution in [-0.4, -0.2) is 41.4 Å². The minimum atomic E-state index is -0.0125. The molecule has 0 bridgehead atoms. The number of aryl methyl sites for hydroxylation is 1. The molecule has 0 saturated heterocycles. The third kappa shape index (κ3) is 3.66. The number of thiophene rings is 1. The number of aromatic nitrogens is 3. The van der Waals surface area contributed by atoms with Gasteiger partial charge in [0.15, 0.2) is 5.82 Å². The topological polar surface area (TPSA) is 86.7 Å². The van der Waals surface area contributed by atoms with Crippen LogP contribution in [0.25, 0.3) is 26.0 Å². The number of nitrogens with two attached hydrogens (primary N) is 1. The normalized spacial score (nSPS) is 12.6. The second kappa shape index (κ2) is 7.98. The van der Waals surface area contributed by atoms with E-state index in [1.807, 2.05) is 18.5 Å². The van der Waals surface area contributed by atoms with Crippen LogP contribution in [0.2, 0.25) is 0 Å². The molecule has 0 fully saturated rings. The highest BCUT2D eigenvalue weighted by Gasteiger charge is 2.19. The number of benzene rings is 1. The first-order chi connectivity index (χ1) is 14.0. The zero-order chi connectivity index (χ0) is 20.5. The van der Waals surface area contributed by atoms with Crippen LogP contribution >= 0.6 is 11.3 Å². The lowest BCUT2D eigenvalue weighted by Gasteiger charge is -2.07. The minimum Gasteiger partial charge on any atom is -0.495 e. The molecule has 3 heterocycles. The molecule has 0 aliphatic heterocycles. The first kappa shape index (κ1) is 19.6. The number of ether oxygens (including phenoxy) is 2. The van der Waals surface area contributed by atoms with Crippen molar-refractivity contribution in [2.75, 3.05) is 26.1 Å². The summed E-state index contributed by atoms with van der Waals surface area (Å²) in [5, 5.41) is 8.82. The van der Waals surface area contributed by atoms with Gasteiger partial charge in [0, 0.05) is 23.5 Å². The fraction of sp³-hybridized carbons (Fsp3) is 0.333. The summed E-state index contributed by atoms with van der Waals surface area (Å²) in [4.78, 5) is 5.54. The molecule has 0 spiro atoms. The smallest absolute Gasteiger partial charge is 0.154 e. The van der Waals surface area contributed by atoms with Crippen LogP contribution < -0.4 is 15.8 Å². The van der Waals surface area contributed by atoms with E-state index in [2.05, 4.69) is 46.6 Å². The van der Waals surface area contributed by atoms with Crippen molar-refractivity contribution in [1.82, 2.24) is 14.6 Å². The lowest BCUT2D eigenvalue weighted by Crippen LogP contribution is -2.21. The molecule has 8 heteroatoms. The summed E-state index contributed by atoms with van der Waals surface area (Å²) in [6.07, 6.45) is 1.55. The second-order valence-corrected chi connectivity index (χ2v) is 8.21. The van der Waals surface area contributed by atoms with Gasteiger partial charge < -0.3 is 20.5 Å². The molecule has 0 amide bonds. The Bertz CT molecular complexity index is 1170. The number of hydrogen-bond acceptors (Lipinski definition) is 7. The number of nitrogens with one attached hydrogen (secondary N) is 1. The van der Waals surface area contributed by atoms with E-state index < -0.39 is 0 Å². The van der Waals surface area contributed by atoms with Gasteiger partial charge >= 0.3 is 0 Å². The molecule has 0 aliphatic carbocycles. The minimum absolute atomic E-state index is 0.0125. The molecule has 1 aromatic carbocycles. The standard InChI is InChI=1S/C21H25N5O2S/c1-12-5-14-7-18(29-20(14)17(6-12)27-4)16-8-15(10-28-9-13(2)22)26-19(16)21(23-3)24-11-25-26/h5-8,11,13H,9-10,22H2,1-4H3,(H,23,24,25). The molecule has 4 aromatic rings. The maximum Gasteiger partial charge on any atom is 0.154 e. The number of rotatable bonds is 7. The quantitative estimate of drug-likeness (QED) is 0.481. The molecular weight excluding hydrogens is 386 g/mol. The SMILES string of the molecule is CNc1ncnn2c(COCC(C)N)cc(-c3cc4cc(C)cc(OC)c4s3)c12. The van der Waals surface area contributed by atoms with Crippen LogP contribution in [0.4, 0.5) is 5.82 Å². The lowest BCUT2D eigenvalue weighted by atomic mass is 10.1. The van der Waals surface area contributed by atoms with Crippen LogP contribution in [0.15, 0.2) is 30.6 Å². The predicted molar refractivity (Wildman–Crippen MR) is 118 cm³/mol. The average molecular weight is 412 g/mol. The van der Waals surface area contributed by atoms with Crippen LogP contribution in [0, 0.1) is 6.92 Å². The van der Waals surface area contributed by atoms with E-state index in [1.54, 1.807) is 24.8 Å². The summed E-state index contributed by atoms with van der Waals surface area (Å²) in [5.74, 6) is 1.67. The van der Waals surface area contributed by atoms with E-state index in [9.17, 15) is 0 Å². The zero-order valence-electron chi connectivity index (χ0n) is 17.0. The van der Waals surface area contributed by atoms with Gasteiger partial charge in [0.1, 0.15) is 17.6 Å². The fourth-order valence-corrected chi connectivity index (χ4v) is 4.63. The highest BCUT2D eigenvalue weighted by molar-refractivity contribution is 7.22. The molecule has 7 nitrogen and oxygen atoms in total. The van der Waals surface area contributed by atoms with Gasteiger partial charge in [-0.25, -0.2) is 9.50 Å². The van der Waals surface area contributed by atoms with Crippen molar-refractivity contribution in [3.63, 3.8) is 0 Å². The highest BCUT2D eigenvalue weighted by atomic mass is 32.1. The fourth-order valence-electron chi connectivity index (χ4n) is 3.48. The third-order valence-corrected chi connectivity index (χ3v) is 5.91. The Kier molecular flexibility index (Phi) is 5.40. The first-order valence-corrected chi connectivity index (χ1v) is 10.3. The molecule has 3 aromatic heterocycles. The highest BCUT2D eigenvalue weighted by Crippen LogP contribution is 2.42. The molecule has 29 heavy (non-hydrogen) atoms. The van der Waals surface area contributed by atoms with Crippen LogP contribution in [0.3, 0.4) is 0 Å². The Morgan fingerprint density at radius 3 is 2.83 bits per heavy atom. The summed E-state index contributed by atoms with van der Waals surface area (Å²) < 4.78 is 14.4. The number of anilines is 1. The number of nitrogens with zero attached hydrogens (tertiary/aromatic N) is 3. The van der Waals surface area contributed by atoms with Crippen molar-refractivity contribution in [2.24, 2.45) is 5.73 Å². The number of methoxy groups -OCH3 is 1. The summed E-state index contributed by atoms with van der Waals surface area (Å²) >= 11 is 1.70. The maximum absolute atomic E-state index is 5.82. The van der Waals surface area contributed by atoms with Gasteiger partial charge in [-0.15, -0.1) is 11.3 Å². The van der Waals surface area contributed by atoms with Crippen molar-refractivity contribution in [3.8, 4) is 16.2 Å². The molecule has 152 valence electrons. The molecule has 1 unspecified atom stereocenters. The largest absolute Gasteiger partial charge is 0.495 e. The van der Waals surface area contributed by atoms with Crippen molar-refractivity contribution < 1.29 is 9.47 Å². The Labute approximate surface area is 173 Å². The average Bonchev–Trinajstić information content (AvgIpc) is 3.28. The van der Waals surface area contributed by atoms with Crippen molar-refractivity contribution in [2.45, 2.75) is 26.5 Å². The molecule has 0 aliphatic rings. The molecule has 0 radical (unpaired) electrons. The lowest BCUT2D eigenvalue weighted by molar-refractivity contribution is 0.108. The number of hydrogen-bond donors (Lipinski definition) is 2. The van der Waals surface area contributed by atoms with Crippen molar-refractivity contribution >= 4 is 32.8 Å². The molecule has 4 rings (SSSR count). The van der Waals surface area contributed by atoms with Gasteiger partial charge in [-0.3, -0.25) is 0 Å². The molecule has 0 saturated carbocycles. The third-order valence-electron chi connectivity index (χ3n) is 4.71. The van der Waals surface area contributed by atoms with Gasteiger partial charge in [0.05, 0.1) is 30.7 Å². The van der Waals surface area contributed by atoms with E-state index in [-0.39, 0.29) is 6.04 Å². The van der Waals surface area contributed by atoms with E-state index in [0.717, 1.165) is 37.9 Å². The summed E-state index contributed by atoms with van der Waals surface area (Å²) in [6, 6.07) is 8.55. The maximum atomic E-state index is 5.82. The Morgan fingerprint density at radius 1 is 1.28 bits per heavy atom. The number of fused-ring (bicyclic) bond motifs is 2. The van der Waals surface area contributed by atoms with Crippen LogP contribution in [0.1, 0.15) is 18.2 Å². The molecule has 1 atom stereocenters. The summed E-state index contributed by atoms with van der Waals surface area (Å²) in [5.41, 5.74) is 9.93. The van der Waals surface area contributed by atoms with E-state index >= 15 is 0 Å². The van der Waals surface area contributed by atoms with E-state index in [0.29, 0.717) is 13.2 Å². The summed E-state index contributed by atoms with van der Waals surface area (Å²) in [6.45, 7) is 4.92. The molecule has 3 N–H and O–H groups in total. The first-order valence-electron chi connectivity index (χ1n) is 9.47. The Balaban J connectivity index is 1.88. The van der Waals surface area contributed by atoms with Crippen LogP contribution in [0.5, 0.6) is 5.75 Å². The van der Waals surface area contributed by atoms with Gasteiger partial charge in [0.25, 0.3) is 0 Å². The Morgan fingerprint density at radius 2 is 2.10 bits per heavy atom.